The van der Waals surface area contributed by atoms with Crippen molar-refractivity contribution in [3.05, 3.63) is 80.9 Å². The van der Waals surface area contributed by atoms with Crippen LogP contribution in [0.2, 0.25) is 5.02 Å². The van der Waals surface area contributed by atoms with Crippen LogP contribution in [0.25, 0.3) is 22.6 Å². The zero-order chi connectivity index (χ0) is 20.5. The van der Waals surface area contributed by atoms with Crippen molar-refractivity contribution in [2.75, 3.05) is 0 Å². The van der Waals surface area contributed by atoms with Gasteiger partial charge in [0.15, 0.2) is 5.58 Å². The highest BCUT2D eigenvalue weighted by Gasteiger charge is 2.14. The fourth-order valence-corrected chi connectivity index (χ4v) is 3.01. The summed E-state index contributed by atoms with van der Waals surface area (Å²) in [6.45, 7) is 1.96. The molecule has 8 heteroatoms. The Hall–Kier alpha value is -3.71. The fourth-order valence-electron chi connectivity index (χ4n) is 2.83. The molecule has 0 unspecified atom stereocenters. The van der Waals surface area contributed by atoms with E-state index in [1.807, 2.05) is 25.1 Å². The van der Waals surface area contributed by atoms with Crippen molar-refractivity contribution >= 4 is 40.3 Å². The van der Waals surface area contributed by atoms with Crippen molar-refractivity contribution in [3.8, 4) is 17.2 Å². The zero-order valence-corrected chi connectivity index (χ0v) is 15.9. The summed E-state index contributed by atoms with van der Waals surface area (Å²) in [5, 5.41) is 21.3. The van der Waals surface area contributed by atoms with E-state index in [0.29, 0.717) is 27.9 Å². The Labute approximate surface area is 170 Å². The number of fused-ring (bicyclic) bond motifs is 1. The first-order valence-corrected chi connectivity index (χ1v) is 8.97. The number of phenols is 1. The third-order valence-corrected chi connectivity index (χ3v) is 4.60. The van der Waals surface area contributed by atoms with Crippen LogP contribution in [0.3, 0.4) is 0 Å². The Morgan fingerprint density at radius 3 is 2.79 bits per heavy atom. The molecule has 7 nitrogen and oxygen atoms in total. The van der Waals surface area contributed by atoms with Crippen LogP contribution in [0, 0.1) is 17.0 Å². The Kier molecular flexibility index (Phi) is 4.74. The number of aromatic nitrogens is 1. The number of oxazole rings is 1. The van der Waals surface area contributed by atoms with Crippen molar-refractivity contribution < 1.29 is 14.4 Å². The van der Waals surface area contributed by atoms with Crippen molar-refractivity contribution in [2.45, 2.75) is 6.92 Å². The van der Waals surface area contributed by atoms with Crippen LogP contribution in [0.1, 0.15) is 11.1 Å². The number of nitrogens with zero attached hydrogens (tertiary/aromatic N) is 3. The summed E-state index contributed by atoms with van der Waals surface area (Å²) in [4.78, 5) is 19.2. The van der Waals surface area contributed by atoms with E-state index in [-0.39, 0.29) is 22.4 Å². The lowest BCUT2D eigenvalue weighted by atomic mass is 10.1. The third kappa shape index (κ3) is 3.81. The van der Waals surface area contributed by atoms with Crippen molar-refractivity contribution in [3.63, 3.8) is 0 Å². The van der Waals surface area contributed by atoms with Gasteiger partial charge < -0.3 is 9.52 Å². The Morgan fingerprint density at radius 2 is 2.00 bits per heavy atom. The maximum absolute atomic E-state index is 11.0. The number of rotatable bonds is 4. The maximum Gasteiger partial charge on any atom is 0.288 e. The number of nitro benzene ring substituents is 1. The van der Waals surface area contributed by atoms with Crippen LogP contribution in [-0.4, -0.2) is 21.2 Å². The standard InChI is InChI=1S/C21H14ClN3O4/c1-12-2-7-20-17(8-12)24-21(29-20)15-10-14(4-6-19(15)26)23-11-13-3-5-16(22)18(9-13)25(27)28/h2-11,26H,1H3. The highest BCUT2D eigenvalue weighted by molar-refractivity contribution is 6.32. The highest BCUT2D eigenvalue weighted by Crippen LogP contribution is 2.34. The summed E-state index contributed by atoms with van der Waals surface area (Å²) in [5.74, 6) is 0.289. The van der Waals surface area contributed by atoms with Gasteiger partial charge in [-0.1, -0.05) is 23.7 Å². The van der Waals surface area contributed by atoms with Gasteiger partial charge in [-0.3, -0.25) is 15.1 Å². The first-order chi connectivity index (χ1) is 13.9. The lowest BCUT2D eigenvalue weighted by Crippen LogP contribution is -1.91. The van der Waals surface area contributed by atoms with Crippen LogP contribution in [0.15, 0.2) is 64.0 Å². The molecule has 0 fully saturated rings. The van der Waals surface area contributed by atoms with E-state index in [9.17, 15) is 15.2 Å². The molecule has 0 saturated carbocycles. The monoisotopic (exact) mass is 407 g/mol. The number of hydrogen-bond acceptors (Lipinski definition) is 6. The molecule has 0 radical (unpaired) electrons. The van der Waals surface area contributed by atoms with Crippen molar-refractivity contribution in [1.82, 2.24) is 4.98 Å². The summed E-state index contributed by atoms with van der Waals surface area (Å²) in [6.07, 6.45) is 1.48. The summed E-state index contributed by atoms with van der Waals surface area (Å²) in [6, 6.07) is 14.8. The Balaban J connectivity index is 1.69. The summed E-state index contributed by atoms with van der Waals surface area (Å²) in [5.41, 5.74) is 3.62. The molecule has 0 aliphatic rings. The van der Waals surface area contributed by atoms with Gasteiger partial charge in [0, 0.05) is 12.3 Å². The normalized spacial score (nSPS) is 11.4. The van der Waals surface area contributed by atoms with Crippen LogP contribution in [-0.2, 0) is 0 Å². The van der Waals surface area contributed by atoms with E-state index in [4.69, 9.17) is 16.0 Å². The predicted octanol–water partition coefficient (Wildman–Crippen LogP) is 5.82. The molecule has 0 bridgehead atoms. The zero-order valence-electron chi connectivity index (χ0n) is 15.2. The minimum absolute atomic E-state index is 0.00867. The molecule has 0 amide bonds. The second-order valence-electron chi connectivity index (χ2n) is 6.42. The molecule has 4 aromatic rings. The average Bonchev–Trinajstić information content (AvgIpc) is 3.11. The van der Waals surface area contributed by atoms with Crippen molar-refractivity contribution in [1.29, 1.82) is 0 Å². The number of nitro groups is 1. The van der Waals surface area contributed by atoms with Crippen molar-refractivity contribution in [2.24, 2.45) is 4.99 Å². The summed E-state index contributed by atoms with van der Waals surface area (Å²) >= 11 is 5.83. The molecule has 4 rings (SSSR count). The van der Waals surface area contributed by atoms with Gasteiger partial charge >= 0.3 is 0 Å². The Morgan fingerprint density at radius 1 is 1.17 bits per heavy atom. The number of benzene rings is 3. The molecule has 0 aliphatic carbocycles. The van der Waals surface area contributed by atoms with Gasteiger partial charge in [-0.05, 0) is 54.4 Å². The van der Waals surface area contributed by atoms with Gasteiger partial charge in [0.1, 0.15) is 16.3 Å². The molecule has 1 aromatic heterocycles. The Bertz CT molecular complexity index is 1280. The van der Waals surface area contributed by atoms with E-state index in [1.54, 1.807) is 18.2 Å². The molecule has 0 spiro atoms. The van der Waals surface area contributed by atoms with E-state index < -0.39 is 4.92 Å². The number of aliphatic imine (C=N–C) groups is 1. The molecule has 29 heavy (non-hydrogen) atoms. The predicted molar refractivity (Wildman–Crippen MR) is 111 cm³/mol. The number of halogens is 1. The number of aryl methyl sites for hydroxylation is 1. The highest BCUT2D eigenvalue weighted by atomic mass is 35.5. The van der Waals surface area contributed by atoms with Crippen LogP contribution >= 0.6 is 11.6 Å². The minimum atomic E-state index is -0.548. The minimum Gasteiger partial charge on any atom is -0.507 e. The fraction of sp³-hybridized carbons (Fsp3) is 0.0476. The second kappa shape index (κ2) is 7.37. The van der Waals surface area contributed by atoms with Crippen LogP contribution in [0.4, 0.5) is 11.4 Å². The molecule has 0 saturated heterocycles. The largest absolute Gasteiger partial charge is 0.507 e. The van der Waals surface area contributed by atoms with E-state index in [1.165, 1.54) is 24.4 Å². The first-order valence-electron chi connectivity index (χ1n) is 8.59. The topological polar surface area (TPSA) is 102 Å². The number of hydrogen-bond donors (Lipinski definition) is 1. The maximum atomic E-state index is 11.0. The molecule has 0 aliphatic heterocycles. The van der Waals surface area contributed by atoms with Crippen LogP contribution in [0.5, 0.6) is 5.75 Å². The molecule has 144 valence electrons. The van der Waals surface area contributed by atoms with E-state index in [2.05, 4.69) is 9.98 Å². The van der Waals surface area contributed by atoms with Gasteiger partial charge in [0.25, 0.3) is 5.69 Å². The second-order valence-corrected chi connectivity index (χ2v) is 6.83. The van der Waals surface area contributed by atoms with Gasteiger partial charge in [-0.25, -0.2) is 4.98 Å². The number of aromatic hydroxyl groups is 1. The molecule has 1 N–H and O–H groups in total. The molecule has 3 aromatic carbocycles. The molecular weight excluding hydrogens is 394 g/mol. The van der Waals surface area contributed by atoms with Gasteiger partial charge in [0.2, 0.25) is 5.89 Å². The van der Waals surface area contributed by atoms with Gasteiger partial charge in [0.05, 0.1) is 16.2 Å². The average molecular weight is 408 g/mol. The van der Waals surface area contributed by atoms with Gasteiger partial charge in [-0.2, -0.15) is 0 Å². The molecule has 0 atom stereocenters. The number of phenolic OH excluding ortho intramolecular Hbond substituents is 1. The SMILES string of the molecule is Cc1ccc2oc(-c3cc(N=Cc4ccc(Cl)c([N+](=O)[O-])c4)ccc3O)nc2c1. The summed E-state index contributed by atoms with van der Waals surface area (Å²) in [7, 11) is 0. The lowest BCUT2D eigenvalue weighted by molar-refractivity contribution is -0.384. The van der Waals surface area contributed by atoms with E-state index >= 15 is 0 Å². The molecular formula is C21H14ClN3O4. The molecule has 1 heterocycles. The lowest BCUT2D eigenvalue weighted by Gasteiger charge is -2.02. The smallest absolute Gasteiger partial charge is 0.288 e. The quantitative estimate of drug-likeness (QED) is 0.261. The van der Waals surface area contributed by atoms with Gasteiger partial charge in [-0.15, -0.1) is 0 Å². The third-order valence-electron chi connectivity index (χ3n) is 4.28. The first kappa shape index (κ1) is 18.6. The van der Waals surface area contributed by atoms with E-state index in [0.717, 1.165) is 5.56 Å². The summed E-state index contributed by atoms with van der Waals surface area (Å²) < 4.78 is 5.75. The van der Waals surface area contributed by atoms with Crippen LogP contribution < -0.4 is 0 Å².